The van der Waals surface area contributed by atoms with Crippen LogP contribution in [0.2, 0.25) is 0 Å². The number of ether oxygens (including phenoxy) is 1. The van der Waals surface area contributed by atoms with E-state index in [2.05, 4.69) is 20.0 Å². The first-order valence-electron chi connectivity index (χ1n) is 5.89. The zero-order valence-electron chi connectivity index (χ0n) is 11.2. The summed E-state index contributed by atoms with van der Waals surface area (Å²) in [5.41, 5.74) is 0. The molecule has 1 rings (SSSR count). The lowest BCUT2D eigenvalue weighted by Gasteiger charge is -2.10. The van der Waals surface area contributed by atoms with Crippen molar-refractivity contribution in [2.45, 2.75) is 31.7 Å². The highest BCUT2D eigenvalue weighted by Gasteiger charge is 2.10. The van der Waals surface area contributed by atoms with E-state index in [0.717, 1.165) is 23.2 Å². The lowest BCUT2D eigenvalue weighted by atomic mass is 10.2. The molecule has 0 radical (unpaired) electrons. The molecule has 100 valence electrons. The third kappa shape index (κ3) is 4.52. The van der Waals surface area contributed by atoms with Gasteiger partial charge in [-0.15, -0.1) is 0 Å². The van der Waals surface area contributed by atoms with Crippen LogP contribution in [0.25, 0.3) is 0 Å². The molecule has 0 atom stereocenters. The molecule has 0 saturated carbocycles. The molecular weight excluding hydrogens is 250 g/mol. The number of anilines is 1. The van der Waals surface area contributed by atoms with Gasteiger partial charge in [0.25, 0.3) is 0 Å². The summed E-state index contributed by atoms with van der Waals surface area (Å²) in [5.74, 6) is 1.83. The number of methoxy groups -OCH3 is 1. The van der Waals surface area contributed by atoms with Crippen LogP contribution >= 0.6 is 11.8 Å². The maximum atomic E-state index is 11.1. The van der Waals surface area contributed by atoms with E-state index in [1.165, 1.54) is 18.9 Å². The quantitative estimate of drug-likeness (QED) is 0.485. The van der Waals surface area contributed by atoms with Gasteiger partial charge in [-0.05, 0) is 6.92 Å². The number of rotatable bonds is 6. The molecule has 1 heterocycles. The average molecular weight is 269 g/mol. The van der Waals surface area contributed by atoms with Crippen LogP contribution in [0.15, 0.2) is 11.1 Å². The Bertz CT molecular complexity index is 410. The van der Waals surface area contributed by atoms with Crippen molar-refractivity contribution in [3.63, 3.8) is 0 Å². The molecule has 0 aliphatic rings. The fraction of sp³-hybridized carbons (Fsp3) is 0.583. The summed E-state index contributed by atoms with van der Waals surface area (Å²) in [6, 6.07) is 1.85. The minimum absolute atomic E-state index is 0.251. The molecule has 1 N–H and O–H groups in total. The van der Waals surface area contributed by atoms with Gasteiger partial charge in [-0.25, -0.2) is 9.97 Å². The lowest BCUT2D eigenvalue weighted by Crippen LogP contribution is -2.07. The number of esters is 1. The van der Waals surface area contributed by atoms with E-state index < -0.39 is 0 Å². The van der Waals surface area contributed by atoms with Crippen LogP contribution in [-0.2, 0) is 9.53 Å². The summed E-state index contributed by atoms with van der Waals surface area (Å²) >= 11 is 1.36. The summed E-state index contributed by atoms with van der Waals surface area (Å²) in [5, 5.41) is 3.95. The van der Waals surface area contributed by atoms with Gasteiger partial charge >= 0.3 is 5.97 Å². The first kappa shape index (κ1) is 14.8. The molecule has 0 spiro atoms. The third-order valence-electron chi connectivity index (χ3n) is 2.16. The minimum Gasteiger partial charge on any atom is -0.468 e. The normalized spacial score (nSPS) is 10.5. The fourth-order valence-corrected chi connectivity index (χ4v) is 1.98. The van der Waals surface area contributed by atoms with Gasteiger partial charge in [0.1, 0.15) is 16.7 Å². The van der Waals surface area contributed by atoms with E-state index in [-0.39, 0.29) is 17.6 Å². The van der Waals surface area contributed by atoms with Crippen molar-refractivity contribution in [1.29, 1.82) is 0 Å². The van der Waals surface area contributed by atoms with Gasteiger partial charge in [-0.3, -0.25) is 4.79 Å². The Morgan fingerprint density at radius 2 is 2.22 bits per heavy atom. The molecule has 0 saturated heterocycles. The van der Waals surface area contributed by atoms with Crippen LogP contribution in [0.5, 0.6) is 0 Å². The van der Waals surface area contributed by atoms with Crippen LogP contribution in [0.1, 0.15) is 32.5 Å². The van der Waals surface area contributed by atoms with Gasteiger partial charge in [0.2, 0.25) is 0 Å². The number of nitrogens with zero attached hydrogens (tertiary/aromatic N) is 2. The maximum absolute atomic E-state index is 11.1. The summed E-state index contributed by atoms with van der Waals surface area (Å²) in [7, 11) is 1.38. The molecule has 1 aromatic heterocycles. The molecule has 0 aliphatic carbocycles. The molecule has 5 nitrogen and oxygen atoms in total. The van der Waals surface area contributed by atoms with E-state index in [9.17, 15) is 4.79 Å². The zero-order chi connectivity index (χ0) is 13.5. The highest BCUT2D eigenvalue weighted by molar-refractivity contribution is 7.99. The molecule has 0 bridgehead atoms. The van der Waals surface area contributed by atoms with E-state index in [1.807, 2.05) is 26.8 Å². The van der Waals surface area contributed by atoms with Gasteiger partial charge in [-0.1, -0.05) is 25.6 Å². The topological polar surface area (TPSA) is 64.1 Å². The highest BCUT2D eigenvalue weighted by Crippen LogP contribution is 2.21. The first-order chi connectivity index (χ1) is 8.56. The second-order valence-corrected chi connectivity index (χ2v) is 5.00. The largest absolute Gasteiger partial charge is 0.468 e. The molecule has 0 amide bonds. The molecule has 6 heteroatoms. The average Bonchev–Trinajstić information content (AvgIpc) is 2.36. The molecule has 18 heavy (non-hydrogen) atoms. The second kappa shape index (κ2) is 7.20. The molecular formula is C12H19N3O2S. The number of hydrogen-bond acceptors (Lipinski definition) is 6. The van der Waals surface area contributed by atoms with Crippen LogP contribution < -0.4 is 5.32 Å². The number of nitrogens with one attached hydrogen (secondary N) is 1. The van der Waals surface area contributed by atoms with E-state index in [1.54, 1.807) is 0 Å². The van der Waals surface area contributed by atoms with Crippen molar-refractivity contribution in [1.82, 2.24) is 9.97 Å². The Labute approximate surface area is 112 Å². The van der Waals surface area contributed by atoms with Crippen LogP contribution in [0.4, 0.5) is 5.82 Å². The number of carbonyl (C=O) groups excluding carboxylic acids is 1. The van der Waals surface area contributed by atoms with Crippen molar-refractivity contribution in [2.75, 3.05) is 24.7 Å². The van der Waals surface area contributed by atoms with Crippen molar-refractivity contribution in [2.24, 2.45) is 0 Å². The number of carbonyl (C=O) groups is 1. The molecule has 0 unspecified atom stereocenters. The summed E-state index contributed by atoms with van der Waals surface area (Å²) in [6.45, 7) is 6.90. The molecule has 0 aliphatic heterocycles. The smallest absolute Gasteiger partial charge is 0.316 e. The molecule has 0 aromatic carbocycles. The van der Waals surface area contributed by atoms with Crippen molar-refractivity contribution >= 4 is 23.5 Å². The SMILES string of the molecule is CCNc1cc(SCC(=O)OC)nc(C(C)C)n1. The highest BCUT2D eigenvalue weighted by atomic mass is 32.2. The number of thioether (sulfide) groups is 1. The summed E-state index contributed by atoms with van der Waals surface area (Å²) in [6.07, 6.45) is 0. The third-order valence-corrected chi connectivity index (χ3v) is 3.04. The van der Waals surface area contributed by atoms with E-state index in [0.29, 0.717) is 0 Å². The zero-order valence-corrected chi connectivity index (χ0v) is 12.0. The maximum Gasteiger partial charge on any atom is 0.316 e. The predicted octanol–water partition coefficient (Wildman–Crippen LogP) is 2.30. The Kier molecular flexibility index (Phi) is 5.91. The standard InChI is InChI=1S/C12H19N3O2S/c1-5-13-9-6-10(18-7-11(16)17-4)15-12(14-9)8(2)3/h6,8H,5,7H2,1-4H3,(H,13,14,15). The first-order valence-corrected chi connectivity index (χ1v) is 6.87. The Hall–Kier alpha value is -1.30. The molecule has 0 fully saturated rings. The van der Waals surface area contributed by atoms with Crippen LogP contribution in [0.3, 0.4) is 0 Å². The predicted molar refractivity (Wildman–Crippen MR) is 73.0 cm³/mol. The van der Waals surface area contributed by atoms with Gasteiger partial charge in [0.05, 0.1) is 12.9 Å². The summed E-state index contributed by atoms with van der Waals surface area (Å²) < 4.78 is 4.61. The number of hydrogen-bond donors (Lipinski definition) is 1. The Morgan fingerprint density at radius 1 is 1.50 bits per heavy atom. The van der Waals surface area contributed by atoms with Crippen LogP contribution in [-0.4, -0.2) is 35.3 Å². The monoisotopic (exact) mass is 269 g/mol. The molecule has 1 aromatic rings. The van der Waals surface area contributed by atoms with Gasteiger partial charge in [0, 0.05) is 18.5 Å². The van der Waals surface area contributed by atoms with Crippen molar-refractivity contribution in [3.05, 3.63) is 11.9 Å². The van der Waals surface area contributed by atoms with Gasteiger partial charge in [-0.2, -0.15) is 0 Å². The van der Waals surface area contributed by atoms with Gasteiger partial charge in [0.15, 0.2) is 0 Å². The van der Waals surface area contributed by atoms with Gasteiger partial charge < -0.3 is 10.1 Å². The van der Waals surface area contributed by atoms with Crippen LogP contribution in [0, 0.1) is 0 Å². The van der Waals surface area contributed by atoms with Crippen molar-refractivity contribution < 1.29 is 9.53 Å². The summed E-state index contributed by atoms with van der Waals surface area (Å²) in [4.78, 5) is 20.0. The van der Waals surface area contributed by atoms with E-state index >= 15 is 0 Å². The Balaban J connectivity index is 2.85. The second-order valence-electron chi connectivity index (χ2n) is 4.00. The fourth-order valence-electron chi connectivity index (χ4n) is 1.24. The van der Waals surface area contributed by atoms with E-state index in [4.69, 9.17) is 0 Å². The lowest BCUT2D eigenvalue weighted by molar-refractivity contribution is -0.137. The number of aromatic nitrogens is 2. The van der Waals surface area contributed by atoms with Crippen molar-refractivity contribution in [3.8, 4) is 0 Å². The Morgan fingerprint density at radius 3 is 2.78 bits per heavy atom. The minimum atomic E-state index is -0.255.